The minimum atomic E-state index is -2.09. The number of fused-ring (bicyclic) bond motifs is 7. The Bertz CT molecular complexity index is 2490. The molecular formula is C59H94O29. The van der Waals surface area contributed by atoms with Crippen molar-refractivity contribution in [2.45, 2.75) is 259 Å². The van der Waals surface area contributed by atoms with Crippen molar-refractivity contribution < 1.29 is 144 Å². The smallest absolute Gasteiger partial charge is 0.315 e. The lowest BCUT2D eigenvalue weighted by Gasteiger charge is -2.71. The van der Waals surface area contributed by atoms with Crippen molar-refractivity contribution in [3.63, 3.8) is 0 Å². The molecule has 0 radical (unpaired) electrons. The summed E-state index contributed by atoms with van der Waals surface area (Å²) >= 11 is 0. The molecule has 9 fully saturated rings. The van der Waals surface area contributed by atoms with Crippen LogP contribution in [0.1, 0.15) is 106 Å². The van der Waals surface area contributed by atoms with Gasteiger partial charge in [0.05, 0.1) is 50.0 Å². The Kier molecular flexibility index (Phi) is 19.8. The van der Waals surface area contributed by atoms with Crippen molar-refractivity contribution in [1.82, 2.24) is 0 Å². The normalized spacial score (nSPS) is 53.7. The molecule has 4 saturated carbocycles. The maximum Gasteiger partial charge on any atom is 0.315 e. The van der Waals surface area contributed by atoms with Gasteiger partial charge in [0.15, 0.2) is 25.2 Å². The minimum Gasteiger partial charge on any atom is -0.481 e. The van der Waals surface area contributed by atoms with Crippen LogP contribution in [0, 0.1) is 50.2 Å². The third kappa shape index (κ3) is 11.4. The summed E-state index contributed by atoms with van der Waals surface area (Å²) in [4.78, 5) is 29.3. The van der Waals surface area contributed by atoms with Crippen molar-refractivity contribution in [3.8, 4) is 0 Å². The van der Waals surface area contributed by atoms with E-state index in [1.807, 2.05) is 0 Å². The molecule has 504 valence electrons. The van der Waals surface area contributed by atoms with E-state index in [2.05, 4.69) is 40.7 Å². The Morgan fingerprint density at radius 2 is 1.06 bits per heavy atom. The van der Waals surface area contributed by atoms with Gasteiger partial charge in [0.1, 0.15) is 116 Å². The molecule has 10 rings (SSSR count). The summed E-state index contributed by atoms with van der Waals surface area (Å²) in [6, 6.07) is 0. The average Bonchev–Trinajstić information content (AvgIpc) is 0.693. The number of ether oxygens (including phenoxy) is 10. The zero-order valence-electron chi connectivity index (χ0n) is 50.4. The second kappa shape index (κ2) is 25.4. The second-order valence-corrected chi connectivity index (χ2v) is 28.5. The molecule has 0 spiro atoms. The number of esters is 1. The molecule has 0 aromatic carbocycles. The minimum absolute atomic E-state index is 0.0437. The number of carboxylic acids is 1. The molecule has 33 atom stereocenters. The topological polar surface area (TPSA) is 470 Å². The molecule has 33 unspecified atom stereocenters. The number of hydrogen-bond donors (Lipinski definition) is 17. The van der Waals surface area contributed by atoms with Crippen molar-refractivity contribution >= 4 is 11.9 Å². The predicted molar refractivity (Wildman–Crippen MR) is 291 cm³/mol. The fourth-order valence-corrected chi connectivity index (χ4v) is 17.5. The molecule has 0 aromatic rings. The van der Waals surface area contributed by atoms with Gasteiger partial charge in [0, 0.05) is 0 Å². The molecule has 88 heavy (non-hydrogen) atoms. The summed E-state index contributed by atoms with van der Waals surface area (Å²) in [5, 5.41) is 183. The van der Waals surface area contributed by atoms with Crippen molar-refractivity contribution in [2.24, 2.45) is 50.2 Å². The van der Waals surface area contributed by atoms with Crippen LogP contribution in [0.5, 0.6) is 0 Å². The van der Waals surface area contributed by atoms with E-state index >= 15 is 4.79 Å². The molecular weight excluding hydrogens is 1170 g/mol. The molecule has 29 nitrogen and oxygen atoms in total. The van der Waals surface area contributed by atoms with Crippen LogP contribution in [0.15, 0.2) is 11.6 Å². The summed E-state index contributed by atoms with van der Waals surface area (Å²) in [5.41, 5.74) is -3.40. The number of carboxylic acid groups (broad SMARTS) is 1. The number of hydrogen-bond acceptors (Lipinski definition) is 28. The highest BCUT2D eigenvalue weighted by Crippen LogP contribution is 2.76. The Morgan fingerprint density at radius 3 is 1.65 bits per heavy atom. The van der Waals surface area contributed by atoms with E-state index in [0.29, 0.717) is 64.2 Å². The molecule has 5 aliphatic heterocycles. The number of aliphatic hydroxyl groups excluding tert-OH is 16. The first kappa shape index (κ1) is 68.5. The zero-order valence-corrected chi connectivity index (χ0v) is 50.4. The predicted octanol–water partition coefficient (Wildman–Crippen LogP) is -4.51. The fraction of sp³-hybridized carbons (Fsp3) is 0.932. The fourth-order valence-electron chi connectivity index (χ4n) is 17.5. The molecule has 5 aliphatic carbocycles. The summed E-state index contributed by atoms with van der Waals surface area (Å²) in [7, 11) is 0. The second-order valence-electron chi connectivity index (χ2n) is 28.5. The van der Waals surface area contributed by atoms with E-state index in [4.69, 9.17) is 47.4 Å². The molecule has 0 aromatic heterocycles. The van der Waals surface area contributed by atoms with Gasteiger partial charge in [-0.2, -0.15) is 0 Å². The first-order valence-electron chi connectivity index (χ1n) is 30.9. The molecule has 10 aliphatic rings. The Morgan fingerprint density at radius 1 is 0.534 bits per heavy atom. The first-order valence-corrected chi connectivity index (χ1v) is 30.9. The number of aliphatic hydroxyl groups is 16. The zero-order chi connectivity index (χ0) is 64.3. The van der Waals surface area contributed by atoms with Gasteiger partial charge >= 0.3 is 11.9 Å². The molecule has 0 amide bonds. The van der Waals surface area contributed by atoms with Gasteiger partial charge in [0.25, 0.3) is 0 Å². The standard InChI is InChI=1S/C59H94O29/c1-54(2)13-15-59(16-14-56(4)23(24(59)17-54)7-8-30-55(3)11-10-32(86-49-41(71)33(63)25(62)20-79-49)58(6,52(76)77)31(55)9-12-57(30,56)5)53(78)88-51-45(75)46(87-50-44(74)39(69)35(65)27(19-61)83-50)37(67)29(85-51)22-81-48-43(73)40(70)36(66)28(84-48)21-80-47-42(72)38(68)34(64)26(18-60)82-47/h7,24-51,60-75H,8-22H2,1-6H3,(H,76,77). The third-order valence-corrected chi connectivity index (χ3v) is 23.2. The molecule has 29 heteroatoms. The third-order valence-electron chi connectivity index (χ3n) is 23.2. The maximum atomic E-state index is 15.6. The molecule has 5 heterocycles. The van der Waals surface area contributed by atoms with Crippen LogP contribution in [0.3, 0.4) is 0 Å². The summed E-state index contributed by atoms with van der Waals surface area (Å²) in [5.74, 6) is -2.68. The average molecular weight is 1270 g/mol. The van der Waals surface area contributed by atoms with Gasteiger partial charge in [-0.1, -0.05) is 46.3 Å². The quantitative estimate of drug-likeness (QED) is 0.0417. The van der Waals surface area contributed by atoms with E-state index in [1.54, 1.807) is 6.92 Å². The van der Waals surface area contributed by atoms with E-state index in [-0.39, 0.29) is 17.9 Å². The Labute approximate surface area is 508 Å². The largest absolute Gasteiger partial charge is 0.481 e. The number of carbonyl (C=O) groups excluding carboxylic acids is 1. The van der Waals surface area contributed by atoms with Crippen molar-refractivity contribution in [1.29, 1.82) is 0 Å². The lowest BCUT2D eigenvalue weighted by molar-refractivity contribution is -0.364. The highest BCUT2D eigenvalue weighted by molar-refractivity contribution is 5.79. The maximum absolute atomic E-state index is 15.6. The van der Waals surface area contributed by atoms with Crippen molar-refractivity contribution in [2.75, 3.05) is 33.0 Å². The SMILES string of the molecule is CC1(C)CCC2(C(=O)OC3OC(COC4OC(COC5OC(CO)C(O)C(O)C5O)C(O)C(O)C4O)C(O)C(OC4OC(CO)C(O)C(O)C4O)C3O)CCC3(C)C(=CCC4C5(C)CCC(OC6OCC(O)C(O)C6O)C(C)(C(=O)O)C5CCC43C)C2C1. The van der Waals surface area contributed by atoms with Crippen LogP contribution in [0.2, 0.25) is 0 Å². The lowest BCUT2D eigenvalue weighted by atomic mass is 9.33. The Hall–Kier alpha value is -2.32. The van der Waals surface area contributed by atoms with Crippen LogP contribution in [-0.2, 0) is 57.0 Å². The summed E-state index contributed by atoms with van der Waals surface area (Å²) < 4.78 is 58.6. The molecule has 0 bridgehead atoms. The van der Waals surface area contributed by atoms with Gasteiger partial charge in [-0.05, 0) is 111 Å². The number of allylic oxidation sites excluding steroid dienone is 2. The summed E-state index contributed by atoms with van der Waals surface area (Å²) in [6.45, 7) is 9.15. The van der Waals surface area contributed by atoms with Gasteiger partial charge in [-0.15, -0.1) is 0 Å². The number of aliphatic carboxylic acids is 1. The van der Waals surface area contributed by atoms with Gasteiger partial charge in [-0.25, -0.2) is 0 Å². The number of rotatable bonds is 15. The highest BCUT2D eigenvalue weighted by atomic mass is 16.8. The van der Waals surface area contributed by atoms with E-state index in [0.717, 1.165) is 5.57 Å². The van der Waals surface area contributed by atoms with Crippen LogP contribution in [0.25, 0.3) is 0 Å². The summed E-state index contributed by atoms with van der Waals surface area (Å²) in [6.07, 6.45) is -36.4. The van der Waals surface area contributed by atoms with Gasteiger partial charge < -0.3 is 134 Å². The molecule has 5 saturated heterocycles. The lowest BCUT2D eigenvalue weighted by Crippen LogP contribution is -2.67. The van der Waals surface area contributed by atoms with Crippen LogP contribution in [-0.4, -0.2) is 285 Å². The van der Waals surface area contributed by atoms with Crippen LogP contribution >= 0.6 is 0 Å². The monoisotopic (exact) mass is 1270 g/mol. The van der Waals surface area contributed by atoms with Crippen molar-refractivity contribution in [3.05, 3.63) is 11.6 Å². The van der Waals surface area contributed by atoms with E-state index < -0.39 is 231 Å². The highest BCUT2D eigenvalue weighted by Gasteiger charge is 2.72. The van der Waals surface area contributed by atoms with E-state index in [9.17, 15) is 91.6 Å². The van der Waals surface area contributed by atoms with E-state index in [1.165, 1.54) is 0 Å². The van der Waals surface area contributed by atoms with Crippen LogP contribution in [0.4, 0.5) is 0 Å². The van der Waals surface area contributed by atoms with Crippen LogP contribution < -0.4 is 0 Å². The number of carbonyl (C=O) groups is 2. The van der Waals surface area contributed by atoms with Gasteiger partial charge in [0.2, 0.25) is 6.29 Å². The van der Waals surface area contributed by atoms with Gasteiger partial charge in [-0.3, -0.25) is 9.59 Å². The molecule has 17 N–H and O–H groups in total. The first-order chi connectivity index (χ1) is 41.2. The Balaban J connectivity index is 0.902.